The maximum absolute atomic E-state index is 12.3. The standard InChI is InChI=1S/C6H4FN3/c7-5-4-6-8-2-1-3-10(6)9-5/h1-4H. The zero-order chi connectivity index (χ0) is 6.97. The molecule has 3 nitrogen and oxygen atoms in total. The molecule has 0 fully saturated rings. The second kappa shape index (κ2) is 1.76. The van der Waals surface area contributed by atoms with Crippen molar-refractivity contribution in [1.29, 1.82) is 0 Å². The van der Waals surface area contributed by atoms with Gasteiger partial charge < -0.3 is 0 Å². The Labute approximate surface area is 56.1 Å². The van der Waals surface area contributed by atoms with E-state index in [2.05, 4.69) is 10.1 Å². The maximum Gasteiger partial charge on any atom is 0.235 e. The molecule has 2 aromatic rings. The summed E-state index contributed by atoms with van der Waals surface area (Å²) in [5.41, 5.74) is 0.528. The maximum atomic E-state index is 12.3. The fourth-order valence-corrected chi connectivity index (χ4v) is 0.801. The Bertz CT molecular complexity index is 322. The topological polar surface area (TPSA) is 30.2 Å². The second-order valence-corrected chi connectivity index (χ2v) is 1.89. The fourth-order valence-electron chi connectivity index (χ4n) is 0.801. The smallest absolute Gasteiger partial charge is 0.235 e. The lowest BCUT2D eigenvalue weighted by Crippen LogP contribution is -1.86. The van der Waals surface area contributed by atoms with E-state index in [9.17, 15) is 4.39 Å². The van der Waals surface area contributed by atoms with Gasteiger partial charge in [-0.1, -0.05) is 0 Å². The molecule has 0 unspecified atom stereocenters. The van der Waals surface area contributed by atoms with Crippen molar-refractivity contribution in [2.45, 2.75) is 0 Å². The van der Waals surface area contributed by atoms with E-state index in [1.807, 2.05) is 0 Å². The highest BCUT2D eigenvalue weighted by molar-refractivity contribution is 5.34. The first-order chi connectivity index (χ1) is 4.86. The van der Waals surface area contributed by atoms with E-state index in [0.717, 1.165) is 0 Å². The molecule has 0 bridgehead atoms. The van der Waals surface area contributed by atoms with E-state index < -0.39 is 5.95 Å². The number of nitrogens with zero attached hydrogens (tertiary/aromatic N) is 3. The van der Waals surface area contributed by atoms with Crippen LogP contribution in [0.25, 0.3) is 5.65 Å². The van der Waals surface area contributed by atoms with Crippen LogP contribution in [0.5, 0.6) is 0 Å². The van der Waals surface area contributed by atoms with Crippen LogP contribution in [0, 0.1) is 5.95 Å². The molecule has 0 spiro atoms. The van der Waals surface area contributed by atoms with Crippen LogP contribution >= 0.6 is 0 Å². The van der Waals surface area contributed by atoms with Gasteiger partial charge in [-0.25, -0.2) is 9.50 Å². The lowest BCUT2D eigenvalue weighted by atomic mass is 10.6. The first-order valence-corrected chi connectivity index (χ1v) is 2.82. The van der Waals surface area contributed by atoms with Gasteiger partial charge in [0, 0.05) is 18.5 Å². The minimum atomic E-state index is -0.501. The summed E-state index contributed by atoms with van der Waals surface area (Å²) in [6, 6.07) is 2.97. The molecule has 0 aliphatic rings. The Morgan fingerprint density at radius 3 is 3.20 bits per heavy atom. The summed E-state index contributed by atoms with van der Waals surface area (Å²) in [5.74, 6) is -0.501. The van der Waals surface area contributed by atoms with Crippen LogP contribution in [-0.4, -0.2) is 14.6 Å². The van der Waals surface area contributed by atoms with E-state index in [1.165, 1.54) is 10.6 Å². The van der Waals surface area contributed by atoms with Crippen LogP contribution in [0.2, 0.25) is 0 Å². The monoisotopic (exact) mass is 137 g/mol. The molecule has 0 saturated heterocycles. The Morgan fingerprint density at radius 2 is 2.40 bits per heavy atom. The predicted octanol–water partition coefficient (Wildman–Crippen LogP) is 0.868. The number of halogens is 1. The molecular weight excluding hydrogens is 133 g/mol. The molecule has 2 aromatic heterocycles. The normalized spacial score (nSPS) is 10.5. The molecule has 2 heterocycles. The highest BCUT2D eigenvalue weighted by Crippen LogP contribution is 1.99. The summed E-state index contributed by atoms with van der Waals surface area (Å²) in [7, 11) is 0. The highest BCUT2D eigenvalue weighted by atomic mass is 19.1. The third-order valence-electron chi connectivity index (χ3n) is 1.21. The van der Waals surface area contributed by atoms with Crippen molar-refractivity contribution in [2.75, 3.05) is 0 Å². The van der Waals surface area contributed by atoms with Crippen molar-refractivity contribution in [3.05, 3.63) is 30.5 Å². The Hall–Kier alpha value is -1.45. The molecule has 0 aliphatic carbocycles. The minimum Gasteiger partial charge on any atom is -0.237 e. The van der Waals surface area contributed by atoms with Gasteiger partial charge in [-0.3, -0.25) is 0 Å². The molecule has 2 rings (SSSR count). The van der Waals surface area contributed by atoms with Gasteiger partial charge in [0.1, 0.15) is 0 Å². The summed E-state index contributed by atoms with van der Waals surface area (Å²) in [5, 5.41) is 3.50. The Morgan fingerprint density at radius 1 is 1.50 bits per heavy atom. The lowest BCUT2D eigenvalue weighted by Gasteiger charge is -1.85. The summed E-state index contributed by atoms with van der Waals surface area (Å²) in [6.45, 7) is 0. The lowest BCUT2D eigenvalue weighted by molar-refractivity contribution is 0.571. The molecule has 50 valence electrons. The van der Waals surface area contributed by atoms with Gasteiger partial charge in [-0.15, -0.1) is 5.10 Å². The van der Waals surface area contributed by atoms with Crippen molar-refractivity contribution in [3.8, 4) is 0 Å². The summed E-state index contributed by atoms with van der Waals surface area (Å²) < 4.78 is 13.7. The van der Waals surface area contributed by atoms with E-state index >= 15 is 0 Å². The quantitative estimate of drug-likeness (QED) is 0.539. The molecule has 4 heteroatoms. The van der Waals surface area contributed by atoms with Crippen LogP contribution in [-0.2, 0) is 0 Å². The van der Waals surface area contributed by atoms with Crippen LogP contribution in [0.4, 0.5) is 4.39 Å². The van der Waals surface area contributed by atoms with Gasteiger partial charge in [-0.05, 0) is 6.07 Å². The van der Waals surface area contributed by atoms with Gasteiger partial charge in [-0.2, -0.15) is 4.39 Å². The van der Waals surface area contributed by atoms with Gasteiger partial charge >= 0.3 is 0 Å². The van der Waals surface area contributed by atoms with Crippen LogP contribution < -0.4 is 0 Å². The molecular formula is C6H4FN3. The zero-order valence-electron chi connectivity index (χ0n) is 5.03. The zero-order valence-corrected chi connectivity index (χ0v) is 5.03. The number of fused-ring (bicyclic) bond motifs is 1. The molecule has 0 aliphatic heterocycles. The van der Waals surface area contributed by atoms with Crippen LogP contribution in [0.1, 0.15) is 0 Å². The van der Waals surface area contributed by atoms with E-state index in [-0.39, 0.29) is 0 Å². The van der Waals surface area contributed by atoms with Crippen LogP contribution in [0.3, 0.4) is 0 Å². The molecule has 0 saturated carbocycles. The number of hydrogen-bond acceptors (Lipinski definition) is 2. The van der Waals surface area contributed by atoms with Gasteiger partial charge in [0.25, 0.3) is 0 Å². The highest BCUT2D eigenvalue weighted by Gasteiger charge is 1.97. The first-order valence-electron chi connectivity index (χ1n) is 2.82. The SMILES string of the molecule is Fc1cc2ncccn2n1. The molecule has 0 amide bonds. The van der Waals surface area contributed by atoms with Crippen LogP contribution in [0.15, 0.2) is 24.5 Å². The number of aromatic nitrogens is 3. The van der Waals surface area contributed by atoms with Crippen molar-refractivity contribution < 1.29 is 4.39 Å². The summed E-state index contributed by atoms with van der Waals surface area (Å²) in [6.07, 6.45) is 3.24. The van der Waals surface area contributed by atoms with Crippen molar-refractivity contribution in [1.82, 2.24) is 14.6 Å². The molecule has 0 aromatic carbocycles. The third-order valence-corrected chi connectivity index (χ3v) is 1.21. The average Bonchev–Trinajstić information content (AvgIpc) is 2.27. The van der Waals surface area contributed by atoms with Gasteiger partial charge in [0.15, 0.2) is 5.65 Å². The van der Waals surface area contributed by atoms with Gasteiger partial charge in [0.2, 0.25) is 5.95 Å². The summed E-state index contributed by atoms with van der Waals surface area (Å²) in [4.78, 5) is 3.86. The van der Waals surface area contributed by atoms with Crippen molar-refractivity contribution >= 4 is 5.65 Å². The second-order valence-electron chi connectivity index (χ2n) is 1.89. The number of hydrogen-bond donors (Lipinski definition) is 0. The molecule has 0 N–H and O–H groups in total. The fraction of sp³-hybridized carbons (Fsp3) is 0. The van der Waals surface area contributed by atoms with Crippen molar-refractivity contribution in [2.24, 2.45) is 0 Å². The van der Waals surface area contributed by atoms with Gasteiger partial charge in [0.05, 0.1) is 0 Å². The molecule has 0 radical (unpaired) electrons. The minimum absolute atomic E-state index is 0.501. The summed E-state index contributed by atoms with van der Waals surface area (Å²) >= 11 is 0. The molecule has 0 atom stereocenters. The first kappa shape index (κ1) is 5.34. The number of rotatable bonds is 0. The third kappa shape index (κ3) is 0.655. The van der Waals surface area contributed by atoms with E-state index in [1.54, 1.807) is 18.5 Å². The van der Waals surface area contributed by atoms with E-state index in [4.69, 9.17) is 0 Å². The van der Waals surface area contributed by atoms with Crippen molar-refractivity contribution in [3.63, 3.8) is 0 Å². The Kier molecular flexibility index (Phi) is 0.943. The predicted molar refractivity (Wildman–Crippen MR) is 32.9 cm³/mol. The largest absolute Gasteiger partial charge is 0.237 e. The average molecular weight is 137 g/mol. The molecule has 10 heavy (non-hydrogen) atoms. The Balaban J connectivity index is 2.88. The van der Waals surface area contributed by atoms with E-state index in [0.29, 0.717) is 5.65 Å².